The molecular formula is C25H32N2O5. The van der Waals surface area contributed by atoms with Gasteiger partial charge < -0.3 is 24.0 Å². The van der Waals surface area contributed by atoms with E-state index in [0.717, 1.165) is 5.56 Å². The largest absolute Gasteiger partial charge is 0.497 e. The fourth-order valence-corrected chi connectivity index (χ4v) is 4.35. The monoisotopic (exact) mass is 440 g/mol. The number of hydrogen-bond acceptors (Lipinski definition) is 5. The van der Waals surface area contributed by atoms with E-state index in [1.54, 1.807) is 50.5 Å². The van der Waals surface area contributed by atoms with Crippen LogP contribution in [-0.4, -0.2) is 69.1 Å². The lowest BCUT2D eigenvalue weighted by molar-refractivity contribution is -0.135. The Kier molecular flexibility index (Phi) is 7.62. The highest BCUT2D eigenvalue weighted by molar-refractivity contribution is 5.95. The van der Waals surface area contributed by atoms with Crippen LogP contribution >= 0.6 is 0 Å². The molecule has 1 aliphatic heterocycles. The van der Waals surface area contributed by atoms with Gasteiger partial charge in [0.2, 0.25) is 5.91 Å². The van der Waals surface area contributed by atoms with E-state index in [-0.39, 0.29) is 23.7 Å². The molecule has 1 fully saturated rings. The lowest BCUT2D eigenvalue weighted by Gasteiger charge is -2.26. The Balaban J connectivity index is 1.97. The Bertz CT molecular complexity index is 940. The second-order valence-corrected chi connectivity index (χ2v) is 7.77. The van der Waals surface area contributed by atoms with E-state index in [9.17, 15) is 9.59 Å². The van der Waals surface area contributed by atoms with E-state index < -0.39 is 0 Å². The number of benzene rings is 2. The molecule has 1 aliphatic rings. The van der Waals surface area contributed by atoms with Gasteiger partial charge in [-0.1, -0.05) is 0 Å². The second kappa shape index (κ2) is 10.4. The van der Waals surface area contributed by atoms with Gasteiger partial charge in [0.1, 0.15) is 17.2 Å². The zero-order valence-electron chi connectivity index (χ0n) is 19.5. The molecule has 2 unspecified atom stereocenters. The molecule has 0 N–H and O–H groups in total. The number of likely N-dealkylation sites (tertiary alicyclic amines) is 1. The van der Waals surface area contributed by atoms with Crippen molar-refractivity contribution in [2.24, 2.45) is 5.92 Å². The standard InChI is InChI=1S/C25H32N2O5/c1-6-26(7-2)25(29)22-16-27(24(28)17-8-10-18(30-3)11-9-17)15-21(22)20-14-19(31-4)12-13-23(20)32-5/h8-14,21-22H,6-7,15-16H2,1-5H3. The molecule has 1 heterocycles. The van der Waals surface area contributed by atoms with Crippen molar-refractivity contribution in [1.29, 1.82) is 0 Å². The molecule has 0 bridgehead atoms. The van der Waals surface area contributed by atoms with Crippen LogP contribution in [0.3, 0.4) is 0 Å². The van der Waals surface area contributed by atoms with E-state index >= 15 is 0 Å². The average molecular weight is 441 g/mol. The molecule has 2 aromatic carbocycles. The average Bonchev–Trinajstić information content (AvgIpc) is 3.29. The van der Waals surface area contributed by atoms with Crippen LogP contribution in [0.2, 0.25) is 0 Å². The molecule has 0 spiro atoms. The van der Waals surface area contributed by atoms with E-state index in [1.165, 1.54) is 0 Å². The van der Waals surface area contributed by atoms with Crippen molar-refractivity contribution in [2.75, 3.05) is 47.5 Å². The van der Waals surface area contributed by atoms with Crippen molar-refractivity contribution in [3.63, 3.8) is 0 Å². The molecule has 7 nitrogen and oxygen atoms in total. The molecule has 0 saturated carbocycles. The van der Waals surface area contributed by atoms with Crippen LogP contribution in [0.5, 0.6) is 17.2 Å². The van der Waals surface area contributed by atoms with E-state index in [2.05, 4.69) is 0 Å². The summed E-state index contributed by atoms with van der Waals surface area (Å²) in [4.78, 5) is 30.3. The predicted octanol–water partition coefficient (Wildman–Crippen LogP) is 3.44. The minimum atomic E-state index is -0.363. The van der Waals surface area contributed by atoms with Crippen LogP contribution in [0, 0.1) is 5.92 Å². The Morgan fingerprint density at radius 2 is 1.53 bits per heavy atom. The first-order chi connectivity index (χ1) is 15.5. The second-order valence-electron chi connectivity index (χ2n) is 7.77. The summed E-state index contributed by atoms with van der Waals surface area (Å²) in [5.74, 6) is 1.45. The maximum atomic E-state index is 13.4. The quantitative estimate of drug-likeness (QED) is 0.629. The van der Waals surface area contributed by atoms with E-state index in [1.807, 2.05) is 36.9 Å². The van der Waals surface area contributed by atoms with Crippen molar-refractivity contribution in [3.8, 4) is 17.2 Å². The third-order valence-electron chi connectivity index (χ3n) is 6.17. The van der Waals surface area contributed by atoms with Gasteiger partial charge in [-0.2, -0.15) is 0 Å². The smallest absolute Gasteiger partial charge is 0.253 e. The molecule has 0 radical (unpaired) electrons. The summed E-state index contributed by atoms with van der Waals surface area (Å²) in [7, 11) is 4.81. The maximum Gasteiger partial charge on any atom is 0.253 e. The van der Waals surface area contributed by atoms with Crippen molar-refractivity contribution in [1.82, 2.24) is 9.80 Å². The molecule has 0 aromatic heterocycles. The number of methoxy groups -OCH3 is 3. The van der Waals surface area contributed by atoms with Gasteiger partial charge >= 0.3 is 0 Å². The number of ether oxygens (including phenoxy) is 3. The Labute approximate surface area is 189 Å². The highest BCUT2D eigenvalue weighted by Crippen LogP contribution is 2.40. The third-order valence-corrected chi connectivity index (χ3v) is 6.17. The van der Waals surface area contributed by atoms with Gasteiger partial charge in [0, 0.05) is 43.2 Å². The zero-order valence-corrected chi connectivity index (χ0v) is 19.5. The van der Waals surface area contributed by atoms with Gasteiger partial charge in [0.25, 0.3) is 5.91 Å². The maximum absolute atomic E-state index is 13.4. The Morgan fingerprint density at radius 3 is 2.09 bits per heavy atom. The number of carbonyl (C=O) groups excluding carboxylic acids is 2. The summed E-state index contributed by atoms with van der Waals surface area (Å²) in [5.41, 5.74) is 1.44. The fraction of sp³-hybridized carbons (Fsp3) is 0.440. The Hall–Kier alpha value is -3.22. The first-order valence-electron chi connectivity index (χ1n) is 10.9. The SMILES string of the molecule is CCN(CC)C(=O)C1CN(C(=O)c2ccc(OC)cc2)CC1c1cc(OC)ccc1OC. The van der Waals surface area contributed by atoms with Gasteiger partial charge in [-0.05, 0) is 56.3 Å². The highest BCUT2D eigenvalue weighted by Gasteiger charge is 2.43. The Morgan fingerprint density at radius 1 is 0.906 bits per heavy atom. The third kappa shape index (κ3) is 4.66. The number of carbonyl (C=O) groups is 2. The van der Waals surface area contributed by atoms with E-state index in [4.69, 9.17) is 14.2 Å². The summed E-state index contributed by atoms with van der Waals surface area (Å²) in [6.45, 7) is 5.97. The zero-order chi connectivity index (χ0) is 23.3. The normalized spacial score (nSPS) is 17.7. The molecule has 2 aromatic rings. The molecule has 172 valence electrons. The van der Waals surface area contributed by atoms with Gasteiger partial charge in [-0.15, -0.1) is 0 Å². The fourth-order valence-electron chi connectivity index (χ4n) is 4.35. The molecule has 2 atom stereocenters. The van der Waals surface area contributed by atoms with Crippen LogP contribution in [0.1, 0.15) is 35.7 Å². The number of hydrogen-bond donors (Lipinski definition) is 0. The molecular weight excluding hydrogens is 408 g/mol. The van der Waals surface area contributed by atoms with Crippen molar-refractivity contribution < 1.29 is 23.8 Å². The predicted molar refractivity (Wildman–Crippen MR) is 123 cm³/mol. The molecule has 32 heavy (non-hydrogen) atoms. The summed E-state index contributed by atoms with van der Waals surface area (Å²) >= 11 is 0. The van der Waals surface area contributed by atoms with Crippen molar-refractivity contribution >= 4 is 11.8 Å². The lowest BCUT2D eigenvalue weighted by Crippen LogP contribution is -2.39. The summed E-state index contributed by atoms with van der Waals surface area (Å²) < 4.78 is 16.2. The lowest BCUT2D eigenvalue weighted by atomic mass is 9.87. The van der Waals surface area contributed by atoms with Crippen LogP contribution < -0.4 is 14.2 Å². The molecule has 7 heteroatoms. The first-order valence-corrected chi connectivity index (χ1v) is 10.9. The minimum absolute atomic E-state index is 0.0508. The van der Waals surface area contributed by atoms with Gasteiger partial charge in [0.05, 0.1) is 27.2 Å². The van der Waals surface area contributed by atoms with Crippen LogP contribution in [0.4, 0.5) is 0 Å². The van der Waals surface area contributed by atoms with E-state index in [0.29, 0.717) is 49.0 Å². The number of amides is 2. The highest BCUT2D eigenvalue weighted by atomic mass is 16.5. The number of rotatable bonds is 8. The molecule has 1 saturated heterocycles. The first kappa shape index (κ1) is 23.4. The molecule has 2 amide bonds. The number of nitrogens with zero attached hydrogens (tertiary/aromatic N) is 2. The van der Waals surface area contributed by atoms with Crippen molar-refractivity contribution in [2.45, 2.75) is 19.8 Å². The topological polar surface area (TPSA) is 68.3 Å². The van der Waals surface area contributed by atoms with Gasteiger partial charge in [-0.25, -0.2) is 0 Å². The van der Waals surface area contributed by atoms with Gasteiger partial charge in [-0.3, -0.25) is 9.59 Å². The summed E-state index contributed by atoms with van der Waals surface area (Å²) in [6, 6.07) is 12.6. The minimum Gasteiger partial charge on any atom is -0.497 e. The van der Waals surface area contributed by atoms with Crippen LogP contribution in [0.25, 0.3) is 0 Å². The van der Waals surface area contributed by atoms with Gasteiger partial charge in [0.15, 0.2) is 0 Å². The van der Waals surface area contributed by atoms with Crippen LogP contribution in [-0.2, 0) is 4.79 Å². The molecule has 0 aliphatic carbocycles. The van der Waals surface area contributed by atoms with Crippen LogP contribution in [0.15, 0.2) is 42.5 Å². The molecule has 3 rings (SSSR count). The van der Waals surface area contributed by atoms with Crippen molar-refractivity contribution in [3.05, 3.63) is 53.6 Å². The summed E-state index contributed by atoms with van der Waals surface area (Å²) in [6.07, 6.45) is 0. The summed E-state index contributed by atoms with van der Waals surface area (Å²) in [5, 5.41) is 0.